The van der Waals surface area contributed by atoms with Crippen molar-refractivity contribution in [3.63, 3.8) is 0 Å². The summed E-state index contributed by atoms with van der Waals surface area (Å²) in [6, 6.07) is 19.8. The number of hydrogen-bond acceptors (Lipinski definition) is 4. The maximum absolute atomic E-state index is 13.0. The number of nitrogens with zero attached hydrogens (tertiary/aromatic N) is 1. The van der Waals surface area contributed by atoms with E-state index in [1.54, 1.807) is 36.4 Å². The van der Waals surface area contributed by atoms with Gasteiger partial charge in [0.15, 0.2) is 0 Å². The molecule has 1 N–H and O–H groups in total. The van der Waals surface area contributed by atoms with Gasteiger partial charge >= 0.3 is 0 Å². The van der Waals surface area contributed by atoms with Crippen LogP contribution in [0.25, 0.3) is 0 Å². The first-order valence-corrected chi connectivity index (χ1v) is 11.0. The van der Waals surface area contributed by atoms with Crippen molar-refractivity contribution in [1.82, 2.24) is 0 Å². The van der Waals surface area contributed by atoms with E-state index in [1.165, 1.54) is 31.2 Å². The molecule has 0 aliphatic carbocycles. The van der Waals surface area contributed by atoms with Gasteiger partial charge in [0.25, 0.3) is 0 Å². The van der Waals surface area contributed by atoms with E-state index < -0.39 is 27.8 Å². The van der Waals surface area contributed by atoms with Crippen molar-refractivity contribution in [1.29, 1.82) is 0 Å². The van der Waals surface area contributed by atoms with Crippen molar-refractivity contribution >= 4 is 27.3 Å². The van der Waals surface area contributed by atoms with Crippen LogP contribution in [0.4, 0.5) is 15.8 Å². The number of rotatable bonds is 7. The molecule has 0 aliphatic rings. The molecular weight excluding hydrogens is 407 g/mol. The molecule has 6 nitrogen and oxygen atoms in total. The molecule has 156 valence electrons. The minimum Gasteiger partial charge on any atom is -0.457 e. The van der Waals surface area contributed by atoms with Crippen molar-refractivity contribution < 1.29 is 22.3 Å². The van der Waals surface area contributed by atoms with Crippen molar-refractivity contribution in [2.24, 2.45) is 0 Å². The Bertz CT molecular complexity index is 1100. The predicted octanol–water partition coefficient (Wildman–Crippen LogP) is 4.41. The van der Waals surface area contributed by atoms with E-state index in [0.29, 0.717) is 22.9 Å². The summed E-state index contributed by atoms with van der Waals surface area (Å²) in [7, 11) is -3.76. The number of carbonyl (C=O) groups is 1. The van der Waals surface area contributed by atoms with E-state index in [4.69, 9.17) is 4.74 Å². The van der Waals surface area contributed by atoms with E-state index in [9.17, 15) is 17.6 Å². The summed E-state index contributed by atoms with van der Waals surface area (Å²) >= 11 is 0. The number of carbonyl (C=O) groups excluding carboxylic acids is 1. The number of anilines is 2. The van der Waals surface area contributed by atoms with Crippen LogP contribution in [0, 0.1) is 5.82 Å². The second-order valence-electron chi connectivity index (χ2n) is 6.64. The van der Waals surface area contributed by atoms with Gasteiger partial charge in [0.2, 0.25) is 15.9 Å². The number of sulfonamides is 1. The molecule has 0 heterocycles. The monoisotopic (exact) mass is 428 g/mol. The van der Waals surface area contributed by atoms with Crippen LogP contribution in [0.2, 0.25) is 0 Å². The highest BCUT2D eigenvalue weighted by molar-refractivity contribution is 7.92. The Labute approximate surface area is 175 Å². The highest BCUT2D eigenvalue weighted by atomic mass is 32.2. The molecule has 0 fully saturated rings. The van der Waals surface area contributed by atoms with Crippen molar-refractivity contribution in [3.05, 3.63) is 84.7 Å². The molecule has 0 spiro atoms. The standard InChI is InChI=1S/C22H21FN2O4S/c1-16(22(26)24-18-10-8-17(23)9-11-18)25(30(2,27)28)19-12-14-21(15-13-19)29-20-6-4-3-5-7-20/h3-16H,1-2H3,(H,24,26)/t16-/m1/s1. The van der Waals surface area contributed by atoms with Gasteiger partial charge in [0, 0.05) is 5.69 Å². The minimum absolute atomic E-state index is 0.319. The average molecular weight is 428 g/mol. The number of amides is 1. The normalized spacial score (nSPS) is 12.1. The van der Waals surface area contributed by atoms with Gasteiger partial charge in [-0.25, -0.2) is 12.8 Å². The van der Waals surface area contributed by atoms with Gasteiger partial charge in [0.1, 0.15) is 23.4 Å². The lowest BCUT2D eigenvalue weighted by Gasteiger charge is -2.28. The third-order valence-electron chi connectivity index (χ3n) is 4.27. The minimum atomic E-state index is -3.76. The molecule has 30 heavy (non-hydrogen) atoms. The van der Waals surface area contributed by atoms with E-state index in [1.807, 2.05) is 18.2 Å². The van der Waals surface area contributed by atoms with Gasteiger partial charge in [0.05, 0.1) is 11.9 Å². The summed E-state index contributed by atoms with van der Waals surface area (Å²) in [5, 5.41) is 2.60. The molecule has 0 saturated carbocycles. The van der Waals surface area contributed by atoms with E-state index >= 15 is 0 Å². The Balaban J connectivity index is 1.79. The number of ether oxygens (including phenoxy) is 1. The van der Waals surface area contributed by atoms with Crippen LogP contribution in [-0.2, 0) is 14.8 Å². The molecule has 0 aromatic heterocycles. The fourth-order valence-corrected chi connectivity index (χ4v) is 4.05. The number of para-hydroxylation sites is 1. The van der Waals surface area contributed by atoms with Gasteiger partial charge in [-0.15, -0.1) is 0 Å². The number of nitrogens with one attached hydrogen (secondary N) is 1. The van der Waals surface area contributed by atoms with Crippen LogP contribution in [0.5, 0.6) is 11.5 Å². The second kappa shape index (κ2) is 8.96. The molecule has 0 saturated heterocycles. The molecule has 8 heteroatoms. The molecule has 1 amide bonds. The Morgan fingerprint density at radius 3 is 2.07 bits per heavy atom. The summed E-state index contributed by atoms with van der Waals surface area (Å²) in [6.07, 6.45) is 1.03. The van der Waals surface area contributed by atoms with E-state index in [0.717, 1.165) is 10.6 Å². The number of hydrogen-bond donors (Lipinski definition) is 1. The van der Waals surface area contributed by atoms with Crippen molar-refractivity contribution in [3.8, 4) is 11.5 Å². The quantitative estimate of drug-likeness (QED) is 0.605. The summed E-state index contributed by atoms with van der Waals surface area (Å²) in [4.78, 5) is 12.6. The summed E-state index contributed by atoms with van der Waals surface area (Å²) in [5.41, 5.74) is 0.688. The highest BCUT2D eigenvalue weighted by Gasteiger charge is 2.29. The first-order valence-electron chi connectivity index (χ1n) is 9.13. The SMILES string of the molecule is C[C@H](C(=O)Nc1ccc(F)cc1)N(c1ccc(Oc2ccccc2)cc1)S(C)(=O)=O. The zero-order valence-electron chi connectivity index (χ0n) is 16.4. The van der Waals surface area contributed by atoms with Gasteiger partial charge in [-0.2, -0.15) is 0 Å². The molecule has 0 radical (unpaired) electrons. The Kier molecular flexibility index (Phi) is 6.37. The first kappa shape index (κ1) is 21.3. The summed E-state index contributed by atoms with van der Waals surface area (Å²) in [5.74, 6) is 0.201. The second-order valence-corrected chi connectivity index (χ2v) is 8.50. The van der Waals surface area contributed by atoms with Crippen molar-refractivity contribution in [2.75, 3.05) is 15.9 Å². The molecular formula is C22H21FN2O4S. The molecule has 0 bridgehead atoms. The Morgan fingerprint density at radius 2 is 1.50 bits per heavy atom. The van der Waals surface area contributed by atoms with Crippen molar-refractivity contribution in [2.45, 2.75) is 13.0 Å². The maximum Gasteiger partial charge on any atom is 0.247 e. The first-order chi connectivity index (χ1) is 14.2. The smallest absolute Gasteiger partial charge is 0.247 e. The molecule has 0 unspecified atom stereocenters. The predicted molar refractivity (Wildman–Crippen MR) is 115 cm³/mol. The van der Waals surface area contributed by atoms with Gasteiger partial charge in [-0.3, -0.25) is 9.10 Å². The van der Waals surface area contributed by atoms with Crippen LogP contribution in [0.15, 0.2) is 78.9 Å². The summed E-state index contributed by atoms with van der Waals surface area (Å²) in [6.45, 7) is 1.48. The largest absolute Gasteiger partial charge is 0.457 e. The fourth-order valence-electron chi connectivity index (χ4n) is 2.87. The average Bonchev–Trinajstić information content (AvgIpc) is 2.71. The van der Waals surface area contributed by atoms with Crippen LogP contribution >= 0.6 is 0 Å². The third-order valence-corrected chi connectivity index (χ3v) is 5.51. The number of benzene rings is 3. The zero-order chi connectivity index (χ0) is 21.7. The lowest BCUT2D eigenvalue weighted by Crippen LogP contribution is -2.45. The lowest BCUT2D eigenvalue weighted by molar-refractivity contribution is -0.116. The maximum atomic E-state index is 13.0. The van der Waals surface area contributed by atoms with Crippen LogP contribution in [0.1, 0.15) is 6.92 Å². The Morgan fingerprint density at radius 1 is 0.933 bits per heavy atom. The molecule has 0 aliphatic heterocycles. The molecule has 1 atom stereocenters. The molecule has 3 rings (SSSR count). The third kappa shape index (κ3) is 5.36. The number of halogens is 1. The lowest BCUT2D eigenvalue weighted by atomic mass is 10.2. The van der Waals surface area contributed by atoms with Gasteiger partial charge in [-0.05, 0) is 67.6 Å². The van der Waals surface area contributed by atoms with Gasteiger partial charge < -0.3 is 10.1 Å². The molecule has 3 aromatic rings. The summed E-state index contributed by atoms with van der Waals surface area (Å²) < 4.78 is 44.6. The van der Waals surface area contributed by atoms with Crippen LogP contribution in [0.3, 0.4) is 0 Å². The van der Waals surface area contributed by atoms with Crippen LogP contribution in [-0.4, -0.2) is 26.6 Å². The van der Waals surface area contributed by atoms with E-state index in [-0.39, 0.29) is 0 Å². The van der Waals surface area contributed by atoms with E-state index in [2.05, 4.69) is 5.32 Å². The Hall–Kier alpha value is -3.39. The van der Waals surface area contributed by atoms with Gasteiger partial charge in [-0.1, -0.05) is 18.2 Å². The highest BCUT2D eigenvalue weighted by Crippen LogP contribution is 2.27. The molecule has 3 aromatic carbocycles. The topological polar surface area (TPSA) is 75.7 Å². The fraction of sp³-hybridized carbons (Fsp3) is 0.136. The zero-order valence-corrected chi connectivity index (χ0v) is 17.3. The van der Waals surface area contributed by atoms with Crippen LogP contribution < -0.4 is 14.4 Å².